The topological polar surface area (TPSA) is 51.6 Å². The van der Waals surface area contributed by atoms with E-state index in [1.807, 2.05) is 19.9 Å². The van der Waals surface area contributed by atoms with Gasteiger partial charge in [0.1, 0.15) is 5.75 Å². The van der Waals surface area contributed by atoms with Gasteiger partial charge in [-0.25, -0.2) is 0 Å². The molecule has 1 heterocycles. The molecule has 0 amide bonds. The number of aliphatic hydroxyl groups excluding tert-OH is 1. The molecule has 0 spiro atoms. The lowest BCUT2D eigenvalue weighted by Crippen LogP contribution is -2.40. The van der Waals surface area contributed by atoms with Crippen molar-refractivity contribution in [1.29, 1.82) is 0 Å². The van der Waals surface area contributed by atoms with Crippen LogP contribution < -0.4 is 4.74 Å². The molecule has 0 saturated heterocycles. The van der Waals surface area contributed by atoms with Crippen molar-refractivity contribution in [2.45, 2.75) is 57.3 Å². The number of hydrogen-bond donors (Lipinski definition) is 1. The highest BCUT2D eigenvalue weighted by atomic mass is 16.5. The Balaban J connectivity index is 2.04. The average Bonchev–Trinajstić information content (AvgIpc) is 2.33. The molecule has 19 heavy (non-hydrogen) atoms. The first-order valence-corrected chi connectivity index (χ1v) is 6.89. The quantitative estimate of drug-likeness (QED) is 0.859. The van der Waals surface area contributed by atoms with Gasteiger partial charge >= 0.3 is 0 Å². The normalized spacial score (nSPS) is 19.0. The van der Waals surface area contributed by atoms with Gasteiger partial charge in [0.2, 0.25) is 0 Å². The molecule has 1 aromatic rings. The molecule has 1 N–H and O–H groups in total. The fraction of sp³-hybridized carbons (Fsp3) is 0.667. The fourth-order valence-electron chi connectivity index (χ4n) is 2.49. The molecule has 0 bridgehead atoms. The number of aromatic nitrogens is 1. The van der Waals surface area contributed by atoms with Crippen LogP contribution in [0, 0.1) is 0 Å². The Morgan fingerprint density at radius 3 is 2.63 bits per heavy atom. The zero-order chi connectivity index (χ0) is 13.9. The van der Waals surface area contributed by atoms with Crippen molar-refractivity contribution in [2.24, 2.45) is 0 Å². The van der Waals surface area contributed by atoms with Crippen molar-refractivity contribution >= 4 is 0 Å². The maximum Gasteiger partial charge on any atom is 0.138 e. The molecule has 0 aromatic carbocycles. The van der Waals surface area contributed by atoms with E-state index in [9.17, 15) is 5.11 Å². The zero-order valence-electron chi connectivity index (χ0n) is 11.9. The van der Waals surface area contributed by atoms with Crippen molar-refractivity contribution < 1.29 is 14.6 Å². The van der Waals surface area contributed by atoms with Gasteiger partial charge in [0, 0.05) is 25.3 Å². The molecular weight excluding hydrogens is 242 g/mol. The highest BCUT2D eigenvalue weighted by Gasteiger charge is 2.39. The van der Waals surface area contributed by atoms with Gasteiger partial charge in [-0.3, -0.25) is 4.98 Å². The number of nitrogens with zero attached hydrogens (tertiary/aromatic N) is 1. The lowest BCUT2D eigenvalue weighted by Gasteiger charge is -2.41. The second kappa shape index (κ2) is 5.88. The summed E-state index contributed by atoms with van der Waals surface area (Å²) in [4.78, 5) is 4.13. The summed E-state index contributed by atoms with van der Waals surface area (Å²) in [5, 5.41) is 10.3. The van der Waals surface area contributed by atoms with E-state index in [4.69, 9.17) is 9.47 Å². The summed E-state index contributed by atoms with van der Waals surface area (Å²) in [5.41, 5.74) is 0.649. The van der Waals surface area contributed by atoms with E-state index in [-0.39, 0.29) is 11.7 Å². The number of ether oxygens (including phenoxy) is 2. The number of methoxy groups -OCH3 is 1. The van der Waals surface area contributed by atoms with Crippen LogP contribution in [0.1, 0.15) is 51.2 Å². The zero-order valence-corrected chi connectivity index (χ0v) is 11.9. The fourth-order valence-corrected chi connectivity index (χ4v) is 2.49. The molecule has 1 saturated carbocycles. The summed E-state index contributed by atoms with van der Waals surface area (Å²) >= 11 is 0. The van der Waals surface area contributed by atoms with Gasteiger partial charge in [-0.1, -0.05) is 0 Å². The van der Waals surface area contributed by atoms with Crippen LogP contribution >= 0.6 is 0 Å². The molecule has 1 unspecified atom stereocenters. The maximum absolute atomic E-state index is 10.3. The molecule has 2 rings (SSSR count). The molecule has 1 aromatic heterocycles. The van der Waals surface area contributed by atoms with Crippen LogP contribution in [0.3, 0.4) is 0 Å². The largest absolute Gasteiger partial charge is 0.489 e. The third kappa shape index (κ3) is 3.45. The van der Waals surface area contributed by atoms with Crippen LogP contribution in [0.4, 0.5) is 0 Å². The van der Waals surface area contributed by atoms with Gasteiger partial charge < -0.3 is 14.6 Å². The minimum Gasteiger partial charge on any atom is -0.489 e. The second-order valence-corrected chi connectivity index (χ2v) is 5.58. The van der Waals surface area contributed by atoms with E-state index >= 15 is 0 Å². The monoisotopic (exact) mass is 265 g/mol. The molecule has 4 nitrogen and oxygen atoms in total. The summed E-state index contributed by atoms with van der Waals surface area (Å²) in [5.74, 6) is 0.701. The Hall–Kier alpha value is -1.13. The van der Waals surface area contributed by atoms with Crippen molar-refractivity contribution in [3.8, 4) is 5.75 Å². The first-order chi connectivity index (χ1) is 9.04. The van der Waals surface area contributed by atoms with Crippen molar-refractivity contribution in [3.63, 3.8) is 0 Å². The Labute approximate surface area is 114 Å². The summed E-state index contributed by atoms with van der Waals surface area (Å²) in [6.45, 7) is 3.94. The van der Waals surface area contributed by atoms with E-state index in [1.54, 1.807) is 19.5 Å². The van der Waals surface area contributed by atoms with E-state index in [2.05, 4.69) is 4.98 Å². The molecule has 1 aliphatic carbocycles. The van der Waals surface area contributed by atoms with Gasteiger partial charge in [-0.2, -0.15) is 0 Å². The first-order valence-electron chi connectivity index (χ1n) is 6.89. The Kier molecular flexibility index (Phi) is 4.42. The molecule has 106 valence electrons. The summed E-state index contributed by atoms with van der Waals surface area (Å²) in [7, 11) is 1.72. The minimum absolute atomic E-state index is 0.103. The summed E-state index contributed by atoms with van der Waals surface area (Å²) in [6.07, 6.45) is 6.76. The number of aliphatic hydroxyl groups is 1. The van der Waals surface area contributed by atoms with Crippen LogP contribution in [0.5, 0.6) is 5.75 Å². The van der Waals surface area contributed by atoms with Crippen molar-refractivity contribution in [2.75, 3.05) is 7.11 Å². The average molecular weight is 265 g/mol. The number of hydrogen-bond acceptors (Lipinski definition) is 4. The standard InChI is InChI=1S/C15H23NO3/c1-11(2)19-13-7-12(9-16-10-13)14(17)8-15(18-3)5-4-6-15/h7,9-11,14,17H,4-6,8H2,1-3H3. The number of rotatable bonds is 6. The lowest BCUT2D eigenvalue weighted by molar-refractivity contribution is -0.0999. The smallest absolute Gasteiger partial charge is 0.138 e. The van der Waals surface area contributed by atoms with E-state index in [1.165, 1.54) is 6.42 Å². The van der Waals surface area contributed by atoms with Gasteiger partial charge in [0.15, 0.2) is 0 Å². The SMILES string of the molecule is COC1(CC(O)c2cncc(OC(C)C)c2)CCC1. The van der Waals surface area contributed by atoms with Crippen LogP contribution in [0.2, 0.25) is 0 Å². The maximum atomic E-state index is 10.3. The summed E-state index contributed by atoms with van der Waals surface area (Å²) in [6, 6.07) is 1.86. The van der Waals surface area contributed by atoms with Gasteiger partial charge in [0.25, 0.3) is 0 Å². The van der Waals surface area contributed by atoms with Crippen LogP contribution in [0.25, 0.3) is 0 Å². The molecule has 1 atom stereocenters. The lowest BCUT2D eigenvalue weighted by atomic mass is 9.75. The molecule has 4 heteroatoms. The Morgan fingerprint density at radius 2 is 2.11 bits per heavy atom. The van der Waals surface area contributed by atoms with Crippen LogP contribution in [-0.2, 0) is 4.74 Å². The number of pyridine rings is 1. The van der Waals surface area contributed by atoms with E-state index < -0.39 is 6.10 Å². The highest BCUT2D eigenvalue weighted by molar-refractivity contribution is 5.25. The van der Waals surface area contributed by atoms with Gasteiger partial charge in [0.05, 0.1) is 24.0 Å². The molecule has 0 aliphatic heterocycles. The second-order valence-electron chi connectivity index (χ2n) is 5.58. The molecule has 1 aliphatic rings. The Morgan fingerprint density at radius 1 is 1.37 bits per heavy atom. The van der Waals surface area contributed by atoms with E-state index in [0.717, 1.165) is 18.4 Å². The van der Waals surface area contributed by atoms with Gasteiger partial charge in [-0.05, 0) is 39.2 Å². The van der Waals surface area contributed by atoms with Crippen molar-refractivity contribution in [1.82, 2.24) is 4.98 Å². The predicted octanol–water partition coefficient (Wildman–Crippen LogP) is 2.86. The predicted molar refractivity (Wildman–Crippen MR) is 73.2 cm³/mol. The van der Waals surface area contributed by atoms with Gasteiger partial charge in [-0.15, -0.1) is 0 Å². The summed E-state index contributed by atoms with van der Waals surface area (Å²) < 4.78 is 11.1. The Bertz CT molecular complexity index is 410. The van der Waals surface area contributed by atoms with E-state index in [0.29, 0.717) is 12.2 Å². The molecular formula is C15H23NO3. The van der Waals surface area contributed by atoms with Crippen LogP contribution in [0.15, 0.2) is 18.5 Å². The molecule has 0 radical (unpaired) electrons. The third-order valence-corrected chi connectivity index (χ3v) is 3.75. The third-order valence-electron chi connectivity index (χ3n) is 3.75. The first kappa shape index (κ1) is 14.3. The highest BCUT2D eigenvalue weighted by Crippen LogP contribution is 2.41. The minimum atomic E-state index is -0.552. The molecule has 1 fully saturated rings. The van der Waals surface area contributed by atoms with Crippen molar-refractivity contribution in [3.05, 3.63) is 24.0 Å². The van der Waals surface area contributed by atoms with Crippen LogP contribution in [-0.4, -0.2) is 28.9 Å².